The molecule has 0 saturated carbocycles. The number of aromatic nitrogens is 2. The minimum atomic E-state index is 0.0420. The number of rotatable bonds is 2. The van der Waals surface area contributed by atoms with Gasteiger partial charge in [-0.3, -0.25) is 0 Å². The summed E-state index contributed by atoms with van der Waals surface area (Å²) in [4.78, 5) is 8.82. The van der Waals surface area contributed by atoms with Crippen molar-refractivity contribution in [3.63, 3.8) is 0 Å². The van der Waals surface area contributed by atoms with Gasteiger partial charge in [0.05, 0.1) is 11.4 Å². The van der Waals surface area contributed by atoms with Crippen LogP contribution in [0.2, 0.25) is 0 Å². The van der Waals surface area contributed by atoms with Crippen molar-refractivity contribution in [2.75, 3.05) is 0 Å². The molecule has 0 unspecified atom stereocenters. The van der Waals surface area contributed by atoms with Gasteiger partial charge in [0.1, 0.15) is 12.1 Å². The molecule has 3 rings (SSSR count). The number of nitriles is 2. The number of hydrogen-bond acceptors (Lipinski definition) is 4. The molecule has 4 nitrogen and oxygen atoms in total. The van der Waals surface area contributed by atoms with Gasteiger partial charge in [-0.25, -0.2) is 9.97 Å². The van der Waals surface area contributed by atoms with Crippen molar-refractivity contribution in [2.45, 2.75) is 0 Å². The molecular weight excluding hydrogens is 526 g/mol. The van der Waals surface area contributed by atoms with Crippen molar-refractivity contribution in [1.82, 2.24) is 9.97 Å². The highest BCUT2D eigenvalue weighted by molar-refractivity contribution is 14.1. The monoisotopic (exact) mass is 534 g/mol. The van der Waals surface area contributed by atoms with Gasteiger partial charge in [-0.15, -0.1) is 0 Å². The van der Waals surface area contributed by atoms with Crippen LogP contribution in [0.3, 0.4) is 0 Å². The lowest BCUT2D eigenvalue weighted by molar-refractivity contribution is 1.14. The second-order valence-corrected chi connectivity index (χ2v) is 7.35. The third-order valence-corrected chi connectivity index (χ3v) is 4.78. The SMILES string of the molecule is N#Cc1nc(-c2ccc(I)cc2)c(-c2ccc(I)cc2)nc1C#N. The molecule has 24 heavy (non-hydrogen) atoms. The standard InChI is InChI=1S/C18H8I2N4/c19-13-5-1-11(2-6-13)17-18(12-3-7-14(20)8-4-12)24-16(10-22)15(9-21)23-17/h1-8H. The Morgan fingerprint density at radius 3 is 1.25 bits per heavy atom. The van der Waals surface area contributed by atoms with Gasteiger partial charge in [-0.05, 0) is 69.4 Å². The minimum absolute atomic E-state index is 0.0420. The van der Waals surface area contributed by atoms with E-state index in [9.17, 15) is 10.5 Å². The molecule has 0 bridgehead atoms. The van der Waals surface area contributed by atoms with Gasteiger partial charge < -0.3 is 0 Å². The summed E-state index contributed by atoms with van der Waals surface area (Å²) in [6, 6.07) is 19.6. The summed E-state index contributed by atoms with van der Waals surface area (Å²) in [6.07, 6.45) is 0. The van der Waals surface area contributed by atoms with Gasteiger partial charge in [-0.1, -0.05) is 24.3 Å². The predicted octanol–water partition coefficient (Wildman–Crippen LogP) is 4.76. The van der Waals surface area contributed by atoms with Crippen LogP contribution >= 0.6 is 45.2 Å². The van der Waals surface area contributed by atoms with Crippen LogP contribution in [0.1, 0.15) is 11.4 Å². The van der Waals surface area contributed by atoms with E-state index in [2.05, 4.69) is 55.1 Å². The van der Waals surface area contributed by atoms with Crippen molar-refractivity contribution in [3.05, 3.63) is 67.1 Å². The minimum Gasteiger partial charge on any atom is -0.232 e. The normalized spacial score (nSPS) is 10.0. The summed E-state index contributed by atoms with van der Waals surface area (Å²) < 4.78 is 2.21. The first-order valence-corrected chi connectivity index (χ1v) is 9.02. The maximum absolute atomic E-state index is 9.26. The summed E-state index contributed by atoms with van der Waals surface area (Å²) >= 11 is 4.47. The lowest BCUT2D eigenvalue weighted by atomic mass is 10.0. The zero-order valence-corrected chi connectivity index (χ0v) is 16.5. The summed E-state index contributed by atoms with van der Waals surface area (Å²) in [5, 5.41) is 18.5. The Kier molecular flexibility index (Phi) is 5.07. The molecule has 6 heteroatoms. The fraction of sp³-hybridized carbons (Fsp3) is 0. The average molecular weight is 534 g/mol. The van der Waals surface area contributed by atoms with Gasteiger partial charge >= 0.3 is 0 Å². The zero-order chi connectivity index (χ0) is 17.1. The van der Waals surface area contributed by atoms with Crippen LogP contribution in [0.25, 0.3) is 22.5 Å². The van der Waals surface area contributed by atoms with Crippen LogP contribution in [0, 0.1) is 29.8 Å². The lowest BCUT2D eigenvalue weighted by Gasteiger charge is -2.10. The van der Waals surface area contributed by atoms with Crippen molar-refractivity contribution in [3.8, 4) is 34.7 Å². The van der Waals surface area contributed by atoms with Gasteiger partial charge in [0.2, 0.25) is 0 Å². The molecule has 0 spiro atoms. The number of halogens is 2. The van der Waals surface area contributed by atoms with Gasteiger partial charge in [0.25, 0.3) is 0 Å². The van der Waals surface area contributed by atoms with Crippen LogP contribution in [0.15, 0.2) is 48.5 Å². The molecule has 3 aromatic rings. The first-order chi connectivity index (χ1) is 11.6. The van der Waals surface area contributed by atoms with Gasteiger partial charge in [0, 0.05) is 18.3 Å². The van der Waals surface area contributed by atoms with E-state index in [-0.39, 0.29) is 11.4 Å². The number of hydrogen-bond donors (Lipinski definition) is 0. The molecule has 1 aromatic heterocycles. The summed E-state index contributed by atoms with van der Waals surface area (Å²) in [7, 11) is 0. The largest absolute Gasteiger partial charge is 0.232 e. The van der Waals surface area contributed by atoms with Crippen LogP contribution < -0.4 is 0 Å². The Morgan fingerprint density at radius 2 is 0.958 bits per heavy atom. The Morgan fingerprint density at radius 1 is 0.625 bits per heavy atom. The van der Waals surface area contributed by atoms with Crippen LogP contribution in [-0.4, -0.2) is 9.97 Å². The molecule has 0 N–H and O–H groups in total. The average Bonchev–Trinajstić information content (AvgIpc) is 2.62. The second-order valence-electron chi connectivity index (χ2n) is 4.86. The van der Waals surface area contributed by atoms with E-state index >= 15 is 0 Å². The number of benzene rings is 2. The van der Waals surface area contributed by atoms with E-state index in [4.69, 9.17) is 0 Å². The second kappa shape index (κ2) is 7.24. The summed E-state index contributed by atoms with van der Waals surface area (Å²) in [6.45, 7) is 0. The topological polar surface area (TPSA) is 73.4 Å². The number of nitrogens with zero attached hydrogens (tertiary/aromatic N) is 4. The summed E-state index contributed by atoms with van der Waals surface area (Å²) in [5.74, 6) is 0. The highest BCUT2D eigenvalue weighted by Gasteiger charge is 2.16. The van der Waals surface area contributed by atoms with Gasteiger partial charge in [-0.2, -0.15) is 10.5 Å². The Balaban J connectivity index is 2.29. The maximum atomic E-state index is 9.26. The molecule has 1 heterocycles. The highest BCUT2D eigenvalue weighted by Crippen LogP contribution is 2.30. The Hall–Kier alpha value is -2.04. The first-order valence-electron chi connectivity index (χ1n) is 6.86. The molecule has 0 saturated heterocycles. The van der Waals surface area contributed by atoms with E-state index in [1.165, 1.54) is 0 Å². The molecular formula is C18H8I2N4. The Bertz CT molecular complexity index is 899. The molecule has 0 amide bonds. The third-order valence-electron chi connectivity index (χ3n) is 3.34. The maximum Gasteiger partial charge on any atom is 0.177 e. The van der Waals surface area contributed by atoms with E-state index in [0.29, 0.717) is 11.4 Å². The van der Waals surface area contributed by atoms with Crippen LogP contribution in [0.5, 0.6) is 0 Å². The van der Waals surface area contributed by atoms with Crippen molar-refractivity contribution >= 4 is 45.2 Å². The molecule has 0 radical (unpaired) electrons. The van der Waals surface area contributed by atoms with Crippen molar-refractivity contribution < 1.29 is 0 Å². The molecule has 0 aliphatic heterocycles. The molecule has 0 aliphatic carbocycles. The zero-order valence-electron chi connectivity index (χ0n) is 12.2. The lowest BCUT2D eigenvalue weighted by Crippen LogP contribution is -2.01. The highest BCUT2D eigenvalue weighted by atomic mass is 127. The predicted molar refractivity (Wildman–Crippen MR) is 108 cm³/mol. The van der Waals surface area contributed by atoms with E-state index < -0.39 is 0 Å². The molecule has 0 fully saturated rings. The summed E-state index contributed by atoms with van der Waals surface area (Å²) in [5.41, 5.74) is 3.00. The molecule has 0 atom stereocenters. The van der Waals surface area contributed by atoms with Crippen LogP contribution in [0.4, 0.5) is 0 Å². The first kappa shape index (κ1) is 16.8. The quantitative estimate of drug-likeness (QED) is 0.445. The van der Waals surface area contributed by atoms with E-state index in [0.717, 1.165) is 18.3 Å². The van der Waals surface area contributed by atoms with Gasteiger partial charge in [0.15, 0.2) is 11.4 Å². The fourth-order valence-corrected chi connectivity index (χ4v) is 2.93. The smallest absolute Gasteiger partial charge is 0.177 e. The fourth-order valence-electron chi connectivity index (χ4n) is 2.21. The van der Waals surface area contributed by atoms with E-state index in [1.54, 1.807) is 0 Å². The molecule has 2 aromatic carbocycles. The van der Waals surface area contributed by atoms with Crippen molar-refractivity contribution in [2.24, 2.45) is 0 Å². The van der Waals surface area contributed by atoms with Crippen molar-refractivity contribution in [1.29, 1.82) is 10.5 Å². The third kappa shape index (κ3) is 3.40. The van der Waals surface area contributed by atoms with Crippen LogP contribution in [-0.2, 0) is 0 Å². The van der Waals surface area contributed by atoms with E-state index in [1.807, 2.05) is 60.7 Å². The molecule has 0 aliphatic rings. The Labute approximate surface area is 166 Å². The molecule has 114 valence electrons.